The van der Waals surface area contributed by atoms with Gasteiger partial charge >= 0.3 is 0 Å². The van der Waals surface area contributed by atoms with Gasteiger partial charge in [-0.2, -0.15) is 0 Å². The van der Waals surface area contributed by atoms with Crippen LogP contribution in [-0.4, -0.2) is 72.5 Å². The highest BCUT2D eigenvalue weighted by molar-refractivity contribution is 5.84. The van der Waals surface area contributed by atoms with Gasteiger partial charge in [0, 0.05) is 51.8 Å². The summed E-state index contributed by atoms with van der Waals surface area (Å²) >= 11 is 0. The second-order valence-electron chi connectivity index (χ2n) is 7.67. The minimum Gasteiger partial charge on any atom is -0.370 e. The van der Waals surface area contributed by atoms with E-state index in [-0.39, 0.29) is 30.8 Å². The lowest BCUT2D eigenvalue weighted by Crippen LogP contribution is -2.49. The molecule has 3 heterocycles. The Bertz CT molecular complexity index is 838. The Morgan fingerprint density at radius 1 is 0.867 bits per heavy atom. The van der Waals surface area contributed by atoms with E-state index in [2.05, 4.69) is 9.88 Å². The molecule has 0 spiro atoms. The maximum atomic E-state index is 12.7. The van der Waals surface area contributed by atoms with Crippen molar-refractivity contribution in [3.8, 4) is 0 Å². The van der Waals surface area contributed by atoms with Crippen LogP contribution >= 0.6 is 0 Å². The Kier molecular flexibility index (Phi) is 6.59. The standard InChI is InChI=1S/C23H28N4O3/c28-22(26-14-12-25(13-15-26)21-8-4-5-11-24-21)9-10-23(29)27-16-17-30-20(18-27)19-6-2-1-3-7-19/h1-8,11,20H,9-10,12-18H2/t20-/m1/s1. The van der Waals surface area contributed by atoms with E-state index >= 15 is 0 Å². The maximum absolute atomic E-state index is 12.7. The van der Waals surface area contributed by atoms with Crippen LogP contribution in [0.1, 0.15) is 24.5 Å². The molecular formula is C23H28N4O3. The van der Waals surface area contributed by atoms with Crippen LogP contribution in [0.2, 0.25) is 0 Å². The van der Waals surface area contributed by atoms with E-state index in [4.69, 9.17) is 4.74 Å². The molecule has 2 aliphatic heterocycles. The molecular weight excluding hydrogens is 380 g/mol. The van der Waals surface area contributed by atoms with Crippen LogP contribution in [0.5, 0.6) is 0 Å². The summed E-state index contributed by atoms with van der Waals surface area (Å²) in [4.78, 5) is 35.5. The van der Waals surface area contributed by atoms with E-state index in [9.17, 15) is 9.59 Å². The number of pyridine rings is 1. The number of piperazine rings is 1. The third kappa shape index (κ3) is 4.97. The fourth-order valence-corrected chi connectivity index (χ4v) is 4.00. The van der Waals surface area contributed by atoms with E-state index in [0.717, 1.165) is 24.5 Å². The molecule has 0 aliphatic carbocycles. The van der Waals surface area contributed by atoms with Crippen LogP contribution in [0.25, 0.3) is 0 Å². The summed E-state index contributed by atoms with van der Waals surface area (Å²) in [5.74, 6) is 1.02. The van der Waals surface area contributed by atoms with Crippen molar-refractivity contribution in [3.63, 3.8) is 0 Å². The number of carbonyl (C=O) groups excluding carboxylic acids is 2. The average molecular weight is 409 g/mol. The third-order valence-electron chi connectivity index (χ3n) is 5.75. The summed E-state index contributed by atoms with van der Waals surface area (Å²) in [5, 5.41) is 0. The molecule has 7 heteroatoms. The molecule has 2 fully saturated rings. The van der Waals surface area contributed by atoms with Crippen LogP contribution in [0.3, 0.4) is 0 Å². The van der Waals surface area contributed by atoms with Crippen LogP contribution in [0.4, 0.5) is 5.82 Å². The van der Waals surface area contributed by atoms with Gasteiger partial charge in [-0.05, 0) is 17.7 Å². The first-order valence-electron chi connectivity index (χ1n) is 10.6. The number of amides is 2. The number of hydrogen-bond acceptors (Lipinski definition) is 5. The van der Waals surface area contributed by atoms with Crippen molar-refractivity contribution in [2.45, 2.75) is 18.9 Å². The van der Waals surface area contributed by atoms with Gasteiger partial charge in [-0.3, -0.25) is 9.59 Å². The van der Waals surface area contributed by atoms with Crippen molar-refractivity contribution < 1.29 is 14.3 Å². The van der Waals surface area contributed by atoms with Gasteiger partial charge in [-0.1, -0.05) is 36.4 Å². The highest BCUT2D eigenvalue weighted by atomic mass is 16.5. The van der Waals surface area contributed by atoms with Crippen molar-refractivity contribution in [2.75, 3.05) is 50.8 Å². The molecule has 0 radical (unpaired) electrons. The number of benzene rings is 1. The SMILES string of the molecule is O=C(CCC(=O)N1CCO[C@@H](c2ccccc2)C1)N1CCN(c2ccccn2)CC1. The Labute approximate surface area is 177 Å². The number of aromatic nitrogens is 1. The predicted molar refractivity (Wildman–Crippen MR) is 114 cm³/mol. The highest BCUT2D eigenvalue weighted by Crippen LogP contribution is 2.22. The van der Waals surface area contributed by atoms with Gasteiger partial charge < -0.3 is 19.4 Å². The summed E-state index contributed by atoms with van der Waals surface area (Å²) in [5.41, 5.74) is 1.08. The van der Waals surface area contributed by atoms with Crippen molar-refractivity contribution >= 4 is 17.6 Å². The number of anilines is 1. The second-order valence-corrected chi connectivity index (χ2v) is 7.67. The van der Waals surface area contributed by atoms with Gasteiger partial charge in [0.25, 0.3) is 0 Å². The molecule has 1 aromatic heterocycles. The van der Waals surface area contributed by atoms with Crippen LogP contribution in [0.15, 0.2) is 54.7 Å². The molecule has 0 unspecified atom stereocenters. The topological polar surface area (TPSA) is 66.0 Å². The third-order valence-corrected chi connectivity index (χ3v) is 5.75. The Morgan fingerprint density at radius 3 is 2.27 bits per heavy atom. The first-order chi connectivity index (χ1) is 14.7. The Morgan fingerprint density at radius 2 is 1.57 bits per heavy atom. The Balaban J connectivity index is 1.22. The zero-order chi connectivity index (χ0) is 20.8. The van der Waals surface area contributed by atoms with Crippen molar-refractivity contribution in [1.29, 1.82) is 0 Å². The molecule has 1 atom stereocenters. The lowest BCUT2D eigenvalue weighted by Gasteiger charge is -2.36. The average Bonchev–Trinajstić information content (AvgIpc) is 2.83. The number of rotatable bonds is 5. The lowest BCUT2D eigenvalue weighted by molar-refractivity contribution is -0.142. The molecule has 7 nitrogen and oxygen atoms in total. The minimum absolute atomic E-state index is 0.0275. The molecule has 0 saturated carbocycles. The fourth-order valence-electron chi connectivity index (χ4n) is 4.00. The van der Waals surface area contributed by atoms with Gasteiger partial charge in [0.15, 0.2) is 0 Å². The van der Waals surface area contributed by atoms with E-state index in [1.807, 2.05) is 58.3 Å². The lowest BCUT2D eigenvalue weighted by atomic mass is 10.1. The van der Waals surface area contributed by atoms with E-state index in [1.54, 1.807) is 6.20 Å². The summed E-state index contributed by atoms with van der Waals surface area (Å²) in [6.45, 7) is 4.50. The summed E-state index contributed by atoms with van der Waals surface area (Å²) in [6, 6.07) is 15.8. The molecule has 1 aromatic carbocycles. The van der Waals surface area contributed by atoms with Gasteiger partial charge in [0.2, 0.25) is 11.8 Å². The van der Waals surface area contributed by atoms with E-state index in [0.29, 0.717) is 32.8 Å². The largest absolute Gasteiger partial charge is 0.370 e. The van der Waals surface area contributed by atoms with Gasteiger partial charge in [-0.25, -0.2) is 4.98 Å². The van der Waals surface area contributed by atoms with Crippen molar-refractivity contribution in [2.24, 2.45) is 0 Å². The van der Waals surface area contributed by atoms with Gasteiger partial charge in [-0.15, -0.1) is 0 Å². The number of nitrogens with zero attached hydrogens (tertiary/aromatic N) is 4. The fraction of sp³-hybridized carbons (Fsp3) is 0.435. The van der Waals surface area contributed by atoms with Crippen LogP contribution < -0.4 is 4.90 Å². The van der Waals surface area contributed by atoms with Crippen molar-refractivity contribution in [1.82, 2.24) is 14.8 Å². The van der Waals surface area contributed by atoms with E-state index in [1.165, 1.54) is 0 Å². The molecule has 2 amide bonds. The monoisotopic (exact) mass is 408 g/mol. The molecule has 30 heavy (non-hydrogen) atoms. The number of hydrogen-bond donors (Lipinski definition) is 0. The molecule has 2 aliphatic rings. The van der Waals surface area contributed by atoms with Gasteiger partial charge in [0.05, 0.1) is 13.2 Å². The molecule has 0 bridgehead atoms. The quantitative estimate of drug-likeness (QED) is 0.758. The Hall–Kier alpha value is -2.93. The maximum Gasteiger partial charge on any atom is 0.223 e. The smallest absolute Gasteiger partial charge is 0.223 e. The number of carbonyl (C=O) groups is 2. The van der Waals surface area contributed by atoms with Crippen LogP contribution in [0, 0.1) is 0 Å². The minimum atomic E-state index is -0.0979. The molecule has 2 saturated heterocycles. The molecule has 0 N–H and O–H groups in total. The number of morpholine rings is 1. The van der Waals surface area contributed by atoms with Gasteiger partial charge in [0.1, 0.15) is 11.9 Å². The second kappa shape index (κ2) is 9.71. The summed E-state index contributed by atoms with van der Waals surface area (Å²) < 4.78 is 5.83. The first-order valence-corrected chi connectivity index (χ1v) is 10.6. The highest BCUT2D eigenvalue weighted by Gasteiger charge is 2.27. The zero-order valence-corrected chi connectivity index (χ0v) is 17.2. The summed E-state index contributed by atoms with van der Waals surface area (Å²) in [7, 11) is 0. The molecule has 4 rings (SSSR count). The first kappa shape index (κ1) is 20.3. The normalized spacial score (nSPS) is 19.6. The van der Waals surface area contributed by atoms with Crippen molar-refractivity contribution in [3.05, 3.63) is 60.3 Å². The molecule has 2 aromatic rings. The predicted octanol–water partition coefficient (Wildman–Crippen LogP) is 2.11. The van der Waals surface area contributed by atoms with E-state index < -0.39 is 0 Å². The number of ether oxygens (including phenoxy) is 1. The summed E-state index contributed by atoms with van der Waals surface area (Å²) in [6.07, 6.45) is 2.20. The molecule has 158 valence electrons. The zero-order valence-electron chi connectivity index (χ0n) is 17.2. The van der Waals surface area contributed by atoms with Crippen LogP contribution in [-0.2, 0) is 14.3 Å².